The van der Waals surface area contributed by atoms with E-state index >= 15 is 0 Å². The average Bonchev–Trinajstić information content (AvgIpc) is 2.85. The van der Waals surface area contributed by atoms with Crippen LogP contribution in [0.25, 0.3) is 0 Å². The van der Waals surface area contributed by atoms with Gasteiger partial charge in [-0.25, -0.2) is 0 Å². The van der Waals surface area contributed by atoms with E-state index in [1.807, 2.05) is 6.20 Å². The molecular weight excluding hydrogens is 230 g/mol. The topological polar surface area (TPSA) is 37.8 Å². The van der Waals surface area contributed by atoms with Gasteiger partial charge in [-0.1, -0.05) is 26.7 Å². The molecule has 0 spiro atoms. The molecule has 1 aliphatic carbocycles. The molecule has 4 heteroatoms. The average molecular weight is 253 g/mol. The Morgan fingerprint density at radius 2 is 2.18 bits per heavy atom. The molecule has 0 radical (unpaired) electrons. The van der Waals surface area contributed by atoms with Crippen molar-refractivity contribution in [2.75, 3.05) is 6.54 Å². The van der Waals surface area contributed by atoms with E-state index in [0.717, 1.165) is 24.1 Å². The fraction of sp³-hybridized carbons (Fsp3) is 0.846. The largest absolute Gasteiger partial charge is 0.308 e. The van der Waals surface area contributed by atoms with Crippen molar-refractivity contribution in [2.24, 2.45) is 11.8 Å². The smallest absolute Gasteiger partial charge is 0.0915 e. The number of nitrogens with one attached hydrogen (secondary N) is 1. The van der Waals surface area contributed by atoms with E-state index in [1.165, 1.54) is 43.8 Å². The lowest BCUT2D eigenvalue weighted by molar-refractivity contribution is 0.229. The van der Waals surface area contributed by atoms with Crippen LogP contribution in [0.3, 0.4) is 0 Å². The van der Waals surface area contributed by atoms with Crippen LogP contribution in [0.1, 0.15) is 57.7 Å². The molecule has 0 aliphatic heterocycles. The van der Waals surface area contributed by atoms with E-state index in [4.69, 9.17) is 0 Å². The Hall–Kier alpha value is -0.480. The third-order valence-electron chi connectivity index (χ3n) is 3.84. The first-order valence-electron chi connectivity index (χ1n) is 6.82. The molecule has 0 aromatic carbocycles. The summed E-state index contributed by atoms with van der Waals surface area (Å²) in [6.07, 6.45) is 8.52. The van der Waals surface area contributed by atoms with E-state index in [-0.39, 0.29) is 0 Å². The molecule has 1 aliphatic rings. The van der Waals surface area contributed by atoms with Crippen LogP contribution in [0.2, 0.25) is 0 Å². The molecule has 1 aromatic heterocycles. The Balaban J connectivity index is 2.00. The summed E-state index contributed by atoms with van der Waals surface area (Å²) in [5.74, 6) is 1.66. The van der Waals surface area contributed by atoms with Crippen LogP contribution in [0.4, 0.5) is 0 Å². The molecular formula is C13H23N3S. The van der Waals surface area contributed by atoms with Gasteiger partial charge >= 0.3 is 0 Å². The van der Waals surface area contributed by atoms with E-state index in [1.54, 1.807) is 0 Å². The fourth-order valence-corrected chi connectivity index (χ4v) is 3.20. The monoisotopic (exact) mass is 253 g/mol. The maximum absolute atomic E-state index is 4.43. The van der Waals surface area contributed by atoms with E-state index in [9.17, 15) is 0 Å². The van der Waals surface area contributed by atoms with Gasteiger partial charge in [0.15, 0.2) is 0 Å². The van der Waals surface area contributed by atoms with Crippen molar-refractivity contribution >= 4 is 11.7 Å². The Kier molecular flexibility index (Phi) is 4.92. The van der Waals surface area contributed by atoms with Crippen molar-refractivity contribution in [1.82, 2.24) is 14.1 Å². The summed E-state index contributed by atoms with van der Waals surface area (Å²) in [6.45, 7) is 5.66. The van der Waals surface area contributed by atoms with Crippen LogP contribution in [-0.4, -0.2) is 15.3 Å². The third-order valence-corrected chi connectivity index (χ3v) is 4.34. The predicted molar refractivity (Wildman–Crippen MR) is 72.1 cm³/mol. The minimum Gasteiger partial charge on any atom is -0.308 e. The molecule has 0 bridgehead atoms. The van der Waals surface area contributed by atoms with Gasteiger partial charge in [0, 0.05) is 0 Å². The first kappa shape index (κ1) is 13.0. The molecule has 1 heterocycles. The van der Waals surface area contributed by atoms with Crippen LogP contribution in [0.5, 0.6) is 0 Å². The third kappa shape index (κ3) is 3.49. The van der Waals surface area contributed by atoms with Gasteiger partial charge in [-0.05, 0) is 37.6 Å². The summed E-state index contributed by atoms with van der Waals surface area (Å²) in [4.78, 5) is 0. The number of aromatic nitrogens is 2. The second-order valence-electron chi connectivity index (χ2n) is 5.28. The molecule has 1 atom stereocenters. The standard InChI is InChI=1S/C13H23N3S/c1-3-8-14-13(12-9-15-17-16-12)11-6-4-10(2)5-7-11/h9-11,13-14H,3-8H2,1-2H3. The van der Waals surface area contributed by atoms with Crippen molar-refractivity contribution < 1.29 is 0 Å². The zero-order chi connectivity index (χ0) is 12.1. The zero-order valence-electron chi connectivity index (χ0n) is 10.9. The number of rotatable bonds is 5. The molecule has 1 saturated carbocycles. The lowest BCUT2D eigenvalue weighted by Crippen LogP contribution is -2.31. The first-order chi connectivity index (χ1) is 8.31. The number of hydrogen-bond acceptors (Lipinski definition) is 4. The van der Waals surface area contributed by atoms with Crippen LogP contribution in [0, 0.1) is 11.8 Å². The van der Waals surface area contributed by atoms with Crippen molar-refractivity contribution in [3.05, 3.63) is 11.9 Å². The van der Waals surface area contributed by atoms with Crippen LogP contribution in [-0.2, 0) is 0 Å². The van der Waals surface area contributed by atoms with Gasteiger partial charge in [0.1, 0.15) is 0 Å². The van der Waals surface area contributed by atoms with Crippen molar-refractivity contribution in [3.8, 4) is 0 Å². The molecule has 0 saturated heterocycles. The molecule has 0 amide bonds. The van der Waals surface area contributed by atoms with Gasteiger partial charge in [-0.3, -0.25) is 0 Å². The quantitative estimate of drug-likeness (QED) is 0.874. The van der Waals surface area contributed by atoms with Gasteiger partial charge in [0.2, 0.25) is 0 Å². The maximum atomic E-state index is 4.43. The molecule has 1 fully saturated rings. The van der Waals surface area contributed by atoms with Crippen LogP contribution in [0.15, 0.2) is 6.20 Å². The zero-order valence-corrected chi connectivity index (χ0v) is 11.7. The van der Waals surface area contributed by atoms with Gasteiger partial charge in [-0.15, -0.1) is 0 Å². The highest BCUT2D eigenvalue weighted by atomic mass is 32.1. The van der Waals surface area contributed by atoms with Crippen molar-refractivity contribution in [3.63, 3.8) is 0 Å². The second kappa shape index (κ2) is 6.45. The maximum Gasteiger partial charge on any atom is 0.0915 e. The highest BCUT2D eigenvalue weighted by Crippen LogP contribution is 2.36. The van der Waals surface area contributed by atoms with Crippen LogP contribution < -0.4 is 5.32 Å². The summed E-state index contributed by atoms with van der Waals surface area (Å²) in [5.41, 5.74) is 1.16. The van der Waals surface area contributed by atoms with E-state index in [2.05, 4.69) is 27.9 Å². The predicted octanol–water partition coefficient (Wildman–Crippen LogP) is 3.41. The minimum absolute atomic E-state index is 0.432. The van der Waals surface area contributed by atoms with Gasteiger partial charge < -0.3 is 5.32 Å². The number of nitrogens with zero attached hydrogens (tertiary/aromatic N) is 2. The van der Waals surface area contributed by atoms with Crippen molar-refractivity contribution in [1.29, 1.82) is 0 Å². The normalized spacial score (nSPS) is 26.9. The molecule has 1 N–H and O–H groups in total. The Morgan fingerprint density at radius 3 is 2.76 bits per heavy atom. The Bertz CT molecular complexity index is 304. The van der Waals surface area contributed by atoms with Gasteiger partial charge in [0.05, 0.1) is 29.7 Å². The Labute approximate surface area is 108 Å². The van der Waals surface area contributed by atoms with Gasteiger partial charge in [-0.2, -0.15) is 8.75 Å². The van der Waals surface area contributed by atoms with Crippen LogP contribution >= 0.6 is 11.7 Å². The molecule has 3 nitrogen and oxygen atoms in total. The summed E-state index contributed by atoms with van der Waals surface area (Å²) >= 11 is 1.33. The summed E-state index contributed by atoms with van der Waals surface area (Å²) in [7, 11) is 0. The molecule has 1 unspecified atom stereocenters. The fourth-order valence-electron chi connectivity index (χ4n) is 2.74. The summed E-state index contributed by atoms with van der Waals surface area (Å²) in [6, 6.07) is 0.432. The van der Waals surface area contributed by atoms with Crippen molar-refractivity contribution in [2.45, 2.75) is 52.0 Å². The Morgan fingerprint density at radius 1 is 1.41 bits per heavy atom. The first-order valence-corrected chi connectivity index (χ1v) is 7.55. The summed E-state index contributed by atoms with van der Waals surface area (Å²) in [5, 5.41) is 3.66. The van der Waals surface area contributed by atoms with E-state index in [0.29, 0.717) is 6.04 Å². The highest BCUT2D eigenvalue weighted by molar-refractivity contribution is 6.99. The molecule has 17 heavy (non-hydrogen) atoms. The number of hydrogen-bond donors (Lipinski definition) is 1. The molecule has 96 valence electrons. The van der Waals surface area contributed by atoms with E-state index < -0.39 is 0 Å². The lowest BCUT2D eigenvalue weighted by atomic mass is 9.78. The minimum atomic E-state index is 0.432. The molecule has 2 rings (SSSR count). The second-order valence-corrected chi connectivity index (χ2v) is 5.84. The summed E-state index contributed by atoms with van der Waals surface area (Å²) < 4.78 is 8.58. The molecule has 1 aromatic rings. The lowest BCUT2D eigenvalue weighted by Gasteiger charge is -2.32. The van der Waals surface area contributed by atoms with Gasteiger partial charge in [0.25, 0.3) is 0 Å². The SMILES string of the molecule is CCCNC(c1cnsn1)C1CCC(C)CC1. The highest BCUT2D eigenvalue weighted by Gasteiger charge is 2.28.